The zero-order valence-electron chi connectivity index (χ0n) is 17.2. The molecule has 31 heavy (non-hydrogen) atoms. The highest BCUT2D eigenvalue weighted by Crippen LogP contribution is 2.27. The van der Waals surface area contributed by atoms with Crippen molar-refractivity contribution < 1.29 is 9.53 Å². The third-order valence-corrected chi connectivity index (χ3v) is 6.25. The van der Waals surface area contributed by atoms with Gasteiger partial charge in [0.15, 0.2) is 5.13 Å². The number of hydrogen-bond acceptors (Lipinski definition) is 4. The lowest BCUT2D eigenvalue weighted by Crippen LogP contribution is -2.11. The number of hydrogen-bond donors (Lipinski definition) is 1. The van der Waals surface area contributed by atoms with E-state index in [0.29, 0.717) is 17.3 Å². The number of amides is 1. The lowest BCUT2D eigenvalue weighted by atomic mass is 10.1. The minimum Gasteiger partial charge on any atom is -0.489 e. The molecule has 0 spiro atoms. The third kappa shape index (κ3) is 5.40. The van der Waals surface area contributed by atoms with Crippen LogP contribution in [-0.2, 0) is 6.61 Å². The zero-order valence-corrected chi connectivity index (χ0v) is 19.6. The van der Waals surface area contributed by atoms with Crippen molar-refractivity contribution in [3.63, 3.8) is 0 Å². The van der Waals surface area contributed by atoms with Gasteiger partial charge in [-0.1, -0.05) is 40.2 Å². The number of nitrogens with zero attached hydrogens (tertiary/aromatic N) is 1. The van der Waals surface area contributed by atoms with Crippen molar-refractivity contribution in [2.45, 2.75) is 20.5 Å². The molecule has 0 saturated carbocycles. The molecule has 0 aliphatic carbocycles. The van der Waals surface area contributed by atoms with Crippen LogP contribution in [0.1, 0.15) is 27.0 Å². The molecule has 156 valence electrons. The van der Waals surface area contributed by atoms with Crippen molar-refractivity contribution in [1.82, 2.24) is 4.98 Å². The SMILES string of the molecule is Cc1ccc(-c2csc(NC(=O)c3ccc(COc4ccc(Br)cc4)cc3)n2)cc1C. The highest BCUT2D eigenvalue weighted by molar-refractivity contribution is 9.10. The average Bonchev–Trinajstić information content (AvgIpc) is 3.24. The molecule has 3 aromatic carbocycles. The largest absolute Gasteiger partial charge is 0.489 e. The Bertz CT molecular complexity index is 1200. The molecular weight excluding hydrogens is 472 g/mol. The predicted molar refractivity (Wildman–Crippen MR) is 130 cm³/mol. The molecule has 0 unspecified atom stereocenters. The summed E-state index contributed by atoms with van der Waals surface area (Å²) in [6, 6.07) is 21.3. The van der Waals surface area contributed by atoms with Crippen LogP contribution in [0.2, 0.25) is 0 Å². The van der Waals surface area contributed by atoms with Gasteiger partial charge in [0.05, 0.1) is 5.69 Å². The molecular formula is C25H21BrN2O2S. The smallest absolute Gasteiger partial charge is 0.257 e. The summed E-state index contributed by atoms with van der Waals surface area (Å²) in [7, 11) is 0. The molecule has 0 fully saturated rings. The first-order valence-corrected chi connectivity index (χ1v) is 11.5. The normalized spacial score (nSPS) is 10.7. The van der Waals surface area contributed by atoms with Crippen LogP contribution in [0, 0.1) is 13.8 Å². The van der Waals surface area contributed by atoms with Crippen molar-refractivity contribution >= 4 is 38.3 Å². The molecule has 0 bridgehead atoms. The number of benzene rings is 3. The van der Waals surface area contributed by atoms with Gasteiger partial charge in [-0.25, -0.2) is 4.98 Å². The van der Waals surface area contributed by atoms with Gasteiger partial charge in [-0.15, -0.1) is 11.3 Å². The van der Waals surface area contributed by atoms with E-state index in [1.807, 2.05) is 41.8 Å². The van der Waals surface area contributed by atoms with E-state index in [2.05, 4.69) is 58.3 Å². The van der Waals surface area contributed by atoms with Crippen LogP contribution in [-0.4, -0.2) is 10.9 Å². The van der Waals surface area contributed by atoms with Gasteiger partial charge in [0.25, 0.3) is 5.91 Å². The molecule has 1 amide bonds. The van der Waals surface area contributed by atoms with E-state index in [0.717, 1.165) is 27.0 Å². The van der Waals surface area contributed by atoms with Gasteiger partial charge in [-0.05, 0) is 73.0 Å². The fraction of sp³-hybridized carbons (Fsp3) is 0.120. The molecule has 4 rings (SSSR count). The Morgan fingerprint density at radius 3 is 2.45 bits per heavy atom. The first-order chi connectivity index (χ1) is 15.0. The number of carbonyl (C=O) groups excluding carboxylic acids is 1. The summed E-state index contributed by atoms with van der Waals surface area (Å²) in [5.74, 6) is 0.620. The lowest BCUT2D eigenvalue weighted by Gasteiger charge is -2.07. The van der Waals surface area contributed by atoms with Crippen LogP contribution >= 0.6 is 27.3 Å². The van der Waals surface area contributed by atoms with E-state index in [-0.39, 0.29) is 5.91 Å². The Morgan fingerprint density at radius 2 is 1.74 bits per heavy atom. The molecule has 0 aliphatic rings. The van der Waals surface area contributed by atoms with Gasteiger partial charge in [0.1, 0.15) is 12.4 Å². The quantitative estimate of drug-likeness (QED) is 0.314. The third-order valence-electron chi connectivity index (χ3n) is 4.96. The summed E-state index contributed by atoms with van der Waals surface area (Å²) in [6.45, 7) is 4.61. The highest BCUT2D eigenvalue weighted by atomic mass is 79.9. The fourth-order valence-electron chi connectivity index (χ4n) is 2.98. The monoisotopic (exact) mass is 492 g/mol. The summed E-state index contributed by atoms with van der Waals surface area (Å²) >= 11 is 4.83. The molecule has 1 N–H and O–H groups in total. The summed E-state index contributed by atoms with van der Waals surface area (Å²) in [5.41, 5.74) is 5.96. The molecule has 4 aromatic rings. The van der Waals surface area contributed by atoms with Crippen LogP contribution < -0.4 is 10.1 Å². The molecule has 0 saturated heterocycles. The standard InChI is InChI=1S/C25H21BrN2O2S/c1-16-3-6-20(13-17(16)2)23-15-31-25(27-23)28-24(29)19-7-4-18(5-8-19)14-30-22-11-9-21(26)10-12-22/h3-13,15H,14H2,1-2H3,(H,27,28,29). The topological polar surface area (TPSA) is 51.2 Å². The number of nitrogens with one attached hydrogen (secondary N) is 1. The van der Waals surface area contributed by atoms with Crippen LogP contribution in [0.15, 0.2) is 76.6 Å². The van der Waals surface area contributed by atoms with Gasteiger partial charge in [0, 0.05) is 21.0 Å². The maximum Gasteiger partial charge on any atom is 0.257 e. The van der Waals surface area contributed by atoms with Crippen LogP contribution in [0.4, 0.5) is 5.13 Å². The fourth-order valence-corrected chi connectivity index (χ4v) is 3.96. The maximum absolute atomic E-state index is 12.6. The molecule has 4 nitrogen and oxygen atoms in total. The summed E-state index contributed by atoms with van der Waals surface area (Å²) < 4.78 is 6.78. The average molecular weight is 493 g/mol. The van der Waals surface area contributed by atoms with E-state index >= 15 is 0 Å². The first-order valence-electron chi connectivity index (χ1n) is 9.80. The van der Waals surface area contributed by atoms with Crippen molar-refractivity contribution in [1.29, 1.82) is 0 Å². The second kappa shape index (κ2) is 9.45. The number of anilines is 1. The summed E-state index contributed by atoms with van der Waals surface area (Å²) in [5, 5.41) is 5.43. The van der Waals surface area contributed by atoms with Gasteiger partial charge in [-0.3, -0.25) is 10.1 Å². The molecule has 1 heterocycles. The van der Waals surface area contributed by atoms with Crippen LogP contribution in [0.5, 0.6) is 5.75 Å². The zero-order chi connectivity index (χ0) is 21.8. The second-order valence-corrected chi connectivity index (χ2v) is 9.00. The summed E-state index contributed by atoms with van der Waals surface area (Å²) in [6.07, 6.45) is 0. The van der Waals surface area contributed by atoms with Gasteiger partial charge >= 0.3 is 0 Å². The number of aromatic nitrogens is 1. The van der Waals surface area contributed by atoms with Gasteiger partial charge in [0.2, 0.25) is 0 Å². The molecule has 0 aliphatic heterocycles. The second-order valence-electron chi connectivity index (χ2n) is 7.23. The van der Waals surface area contributed by atoms with E-state index in [9.17, 15) is 4.79 Å². The molecule has 1 aromatic heterocycles. The number of carbonyl (C=O) groups is 1. The number of halogens is 1. The molecule has 6 heteroatoms. The highest BCUT2D eigenvalue weighted by Gasteiger charge is 2.11. The van der Waals surface area contributed by atoms with Crippen molar-refractivity contribution in [3.05, 3.63) is 98.8 Å². The van der Waals surface area contributed by atoms with Crippen molar-refractivity contribution in [2.24, 2.45) is 0 Å². The predicted octanol–water partition coefficient (Wildman–Crippen LogP) is 7.02. The minimum absolute atomic E-state index is 0.179. The van der Waals surface area contributed by atoms with Crippen LogP contribution in [0.25, 0.3) is 11.3 Å². The molecule has 0 radical (unpaired) electrons. The molecule has 0 atom stereocenters. The Balaban J connectivity index is 1.37. The lowest BCUT2D eigenvalue weighted by molar-refractivity contribution is 0.102. The maximum atomic E-state index is 12.6. The Morgan fingerprint density at radius 1 is 1.00 bits per heavy atom. The van der Waals surface area contributed by atoms with E-state index in [1.54, 1.807) is 12.1 Å². The number of ether oxygens (including phenoxy) is 1. The first kappa shape index (κ1) is 21.3. The van der Waals surface area contributed by atoms with Gasteiger partial charge in [-0.2, -0.15) is 0 Å². The van der Waals surface area contributed by atoms with Crippen LogP contribution in [0.3, 0.4) is 0 Å². The Kier molecular flexibility index (Phi) is 6.49. The number of thiazole rings is 1. The van der Waals surface area contributed by atoms with E-state index in [1.165, 1.54) is 22.5 Å². The number of aryl methyl sites for hydroxylation is 2. The van der Waals surface area contributed by atoms with Crippen molar-refractivity contribution in [2.75, 3.05) is 5.32 Å². The summed E-state index contributed by atoms with van der Waals surface area (Å²) in [4.78, 5) is 17.2. The Labute approximate surface area is 194 Å². The number of rotatable bonds is 6. The van der Waals surface area contributed by atoms with E-state index < -0.39 is 0 Å². The van der Waals surface area contributed by atoms with E-state index in [4.69, 9.17) is 4.74 Å². The van der Waals surface area contributed by atoms with Gasteiger partial charge < -0.3 is 4.74 Å². The van der Waals surface area contributed by atoms with Crippen molar-refractivity contribution in [3.8, 4) is 17.0 Å². The Hall–Kier alpha value is -2.96. The minimum atomic E-state index is -0.179.